The third-order valence-corrected chi connectivity index (χ3v) is 11.2. The number of likely N-dealkylation sites (tertiary alicyclic amines) is 2. The Hall–Kier alpha value is -1.42. The molecule has 2 aliphatic carbocycles. The van der Waals surface area contributed by atoms with E-state index in [0.29, 0.717) is 25.7 Å². The zero-order chi connectivity index (χ0) is 38.5. The van der Waals surface area contributed by atoms with Crippen LogP contribution in [-0.4, -0.2) is 145 Å². The molecule has 4 aliphatic rings. The van der Waals surface area contributed by atoms with Crippen LogP contribution in [0.2, 0.25) is 0 Å². The van der Waals surface area contributed by atoms with Crippen molar-refractivity contribution in [1.82, 2.24) is 20.4 Å². The van der Waals surface area contributed by atoms with Gasteiger partial charge in [-0.25, -0.2) is 0 Å². The summed E-state index contributed by atoms with van der Waals surface area (Å²) in [6, 6.07) is -4.24. The molecule has 0 aromatic heterocycles. The quantitative estimate of drug-likeness (QED) is 0.169. The van der Waals surface area contributed by atoms with Crippen LogP contribution in [-0.2, 0) is 38.2 Å². The summed E-state index contributed by atoms with van der Waals surface area (Å²) < 4.78 is 10.2. The van der Waals surface area contributed by atoms with Crippen molar-refractivity contribution in [2.75, 3.05) is 13.2 Å². The third kappa shape index (κ3) is 14.4. The molecule has 312 valence electrons. The monoisotopic (exact) mass is 846 g/mol. The number of halogens is 2. The minimum absolute atomic E-state index is 0. The number of carboxylic acids is 2. The second-order valence-electron chi connectivity index (χ2n) is 14.8. The fraction of sp³-hybridized carbons (Fsp3) is 0.842. The maximum absolute atomic E-state index is 13.1. The van der Waals surface area contributed by atoms with Gasteiger partial charge in [-0.15, -0.1) is 24.8 Å². The molecule has 0 aromatic rings. The van der Waals surface area contributed by atoms with Gasteiger partial charge in [-0.3, -0.25) is 29.8 Å². The molecule has 55 heavy (non-hydrogen) atoms. The van der Waals surface area contributed by atoms with Crippen LogP contribution >= 0.6 is 24.8 Å². The first-order valence-electron chi connectivity index (χ1n) is 19.7. The first-order valence-corrected chi connectivity index (χ1v) is 19.7. The van der Waals surface area contributed by atoms with Crippen molar-refractivity contribution in [2.24, 2.45) is 11.8 Å². The molecule has 14 nitrogen and oxygen atoms in total. The van der Waals surface area contributed by atoms with Crippen LogP contribution < -0.4 is 20.8 Å². The Balaban J connectivity index is 0.00000101. The Kier molecular flexibility index (Phi) is 25.9. The molecule has 17 heteroatoms. The van der Waals surface area contributed by atoms with Crippen molar-refractivity contribution in [3.8, 4) is 0 Å². The minimum Gasteiger partial charge on any atom is -0.548 e. The maximum atomic E-state index is 13.1. The Morgan fingerprint density at radius 1 is 0.618 bits per heavy atom. The topological polar surface area (TPSA) is 198 Å². The molecular weight excluding hydrogens is 783 g/mol. The number of nitrogens with zero attached hydrogens (tertiary/aromatic N) is 2. The summed E-state index contributed by atoms with van der Waals surface area (Å²) in [5, 5.41) is 29.3. The third-order valence-electron chi connectivity index (χ3n) is 11.2. The van der Waals surface area contributed by atoms with Gasteiger partial charge in [0, 0.05) is 12.1 Å². The molecule has 0 unspecified atom stereocenters. The van der Waals surface area contributed by atoms with Crippen LogP contribution in [0.1, 0.15) is 131 Å². The maximum Gasteiger partial charge on any atom is 2.00 e. The van der Waals surface area contributed by atoms with Gasteiger partial charge in [0.15, 0.2) is 0 Å². The first kappa shape index (κ1) is 53.6. The molecule has 0 spiro atoms. The van der Waals surface area contributed by atoms with E-state index in [4.69, 9.17) is 9.47 Å². The molecule has 10 atom stereocenters. The summed E-state index contributed by atoms with van der Waals surface area (Å²) >= 11 is 0. The fourth-order valence-corrected chi connectivity index (χ4v) is 8.77. The van der Waals surface area contributed by atoms with E-state index in [1.54, 1.807) is 27.7 Å². The number of rotatable bonds is 16. The van der Waals surface area contributed by atoms with Crippen LogP contribution in [0.4, 0.5) is 0 Å². The van der Waals surface area contributed by atoms with E-state index in [1.807, 2.05) is 13.8 Å². The zero-order valence-electron chi connectivity index (χ0n) is 33.6. The standard InChI is InChI=1S/2C19H32N2O5.Ca.2ClH/c2*1-4-8-14(19(25)26-5-2)20-12(3)17(22)21-15-10-7-6-9-13(15)11-16(21)18(23)24;;;/h2*12-16,20H,4-11H2,1-3H3,(H,23,24);;2*1H/q;;+2;;/p-2/t2*12-,13-,14-,15-,16-;;;/m00.../s1. The second-order valence-corrected chi connectivity index (χ2v) is 14.8. The number of hydrogen-bond donors (Lipinski definition) is 2. The minimum atomic E-state index is -1.18. The Morgan fingerprint density at radius 3 is 1.24 bits per heavy atom. The van der Waals surface area contributed by atoms with Crippen molar-refractivity contribution in [3.05, 3.63) is 0 Å². The van der Waals surface area contributed by atoms with E-state index in [1.165, 1.54) is 9.80 Å². The summed E-state index contributed by atoms with van der Waals surface area (Å²) in [5.41, 5.74) is 0. The van der Waals surface area contributed by atoms with Crippen molar-refractivity contribution in [1.29, 1.82) is 0 Å². The fourth-order valence-electron chi connectivity index (χ4n) is 8.77. The number of carboxylic acid groups (broad SMARTS) is 2. The number of ether oxygens (including phenoxy) is 2. The predicted molar refractivity (Wildman–Crippen MR) is 208 cm³/mol. The molecule has 0 aromatic carbocycles. The summed E-state index contributed by atoms with van der Waals surface area (Å²) in [4.78, 5) is 76.5. The SMILES string of the molecule is CCC[C@H](N[C@@H](C)C(=O)N1[C@H](C(=O)[O-])C[C@@H]2CCCC[C@@H]21)C(=O)OCC.CCC[C@H](N[C@@H](C)C(=O)N1[C@H](C(=O)[O-])C[C@@H]2CCCC[C@@H]21)C(=O)OCC.Cl.Cl.[Ca+2]. The molecule has 2 heterocycles. The van der Waals surface area contributed by atoms with E-state index >= 15 is 0 Å². The van der Waals surface area contributed by atoms with E-state index in [9.17, 15) is 39.0 Å². The van der Waals surface area contributed by atoms with Gasteiger partial charge >= 0.3 is 49.7 Å². The number of esters is 2. The van der Waals surface area contributed by atoms with E-state index in [2.05, 4.69) is 10.6 Å². The van der Waals surface area contributed by atoms with Gasteiger partial charge in [-0.1, -0.05) is 52.4 Å². The summed E-state index contributed by atoms with van der Waals surface area (Å²) in [6.07, 6.45) is 11.4. The van der Waals surface area contributed by atoms with Gasteiger partial charge < -0.3 is 39.1 Å². The van der Waals surface area contributed by atoms with Crippen LogP contribution in [0.3, 0.4) is 0 Å². The van der Waals surface area contributed by atoms with Crippen molar-refractivity contribution < 1.29 is 48.5 Å². The molecule has 2 aliphatic heterocycles. The van der Waals surface area contributed by atoms with Gasteiger partial charge in [0.05, 0.1) is 49.3 Å². The average molecular weight is 848 g/mol. The molecule has 4 fully saturated rings. The Bertz CT molecular complexity index is 1160. The van der Waals surface area contributed by atoms with E-state index in [0.717, 1.165) is 64.2 Å². The molecular formula is C38H64CaCl2N4O10. The van der Waals surface area contributed by atoms with E-state index < -0.39 is 48.2 Å². The van der Waals surface area contributed by atoms with Crippen molar-refractivity contribution >= 4 is 98.2 Å². The smallest absolute Gasteiger partial charge is 0.548 e. The number of carbonyl (C=O) groups excluding carboxylic acids is 6. The number of carbonyl (C=O) groups is 6. The van der Waals surface area contributed by atoms with Gasteiger partial charge in [0.1, 0.15) is 12.1 Å². The molecule has 2 saturated carbocycles. The number of amides is 2. The predicted octanol–water partition coefficient (Wildman–Crippen LogP) is 1.67. The largest absolute Gasteiger partial charge is 2.00 e. The van der Waals surface area contributed by atoms with Crippen LogP contribution in [0.25, 0.3) is 0 Å². The summed E-state index contributed by atoms with van der Waals surface area (Å²) in [6.45, 7) is 11.3. The van der Waals surface area contributed by atoms with Crippen LogP contribution in [0.5, 0.6) is 0 Å². The Labute approximate surface area is 369 Å². The van der Waals surface area contributed by atoms with Crippen molar-refractivity contribution in [3.63, 3.8) is 0 Å². The first-order chi connectivity index (χ1) is 24.8. The summed E-state index contributed by atoms with van der Waals surface area (Å²) in [7, 11) is 0. The van der Waals surface area contributed by atoms with Crippen LogP contribution in [0, 0.1) is 11.8 Å². The Morgan fingerprint density at radius 2 is 0.945 bits per heavy atom. The van der Waals surface area contributed by atoms with E-state index in [-0.39, 0.29) is 123 Å². The molecule has 0 bridgehead atoms. The molecule has 2 N–H and O–H groups in total. The number of fused-ring (bicyclic) bond motifs is 2. The van der Waals surface area contributed by atoms with Crippen molar-refractivity contribution in [2.45, 2.75) is 180 Å². The molecule has 0 radical (unpaired) electrons. The normalized spacial score (nSPS) is 26.0. The number of nitrogens with one attached hydrogen (secondary N) is 2. The molecule has 2 saturated heterocycles. The number of aliphatic carboxylic acids is 2. The molecule has 2 amide bonds. The summed E-state index contributed by atoms with van der Waals surface area (Å²) in [5.74, 6) is -3.17. The number of hydrogen-bond acceptors (Lipinski definition) is 12. The second kappa shape index (κ2) is 26.6. The molecule has 4 rings (SSSR count). The average Bonchev–Trinajstić information content (AvgIpc) is 3.71. The van der Waals surface area contributed by atoms with Gasteiger partial charge in [0.25, 0.3) is 0 Å². The van der Waals surface area contributed by atoms with Crippen LogP contribution in [0.15, 0.2) is 0 Å². The van der Waals surface area contributed by atoms with Gasteiger partial charge in [-0.2, -0.15) is 0 Å². The van der Waals surface area contributed by atoms with Gasteiger partial charge in [0.2, 0.25) is 11.8 Å². The zero-order valence-corrected chi connectivity index (χ0v) is 37.4. The van der Waals surface area contributed by atoms with Gasteiger partial charge in [-0.05, 0) is 90.9 Å².